The summed E-state index contributed by atoms with van der Waals surface area (Å²) in [5.41, 5.74) is 1.89. The Balaban J connectivity index is 2.70. The van der Waals surface area contributed by atoms with E-state index in [4.69, 9.17) is 11.6 Å². The van der Waals surface area contributed by atoms with E-state index >= 15 is 0 Å². The number of amides is 2. The van der Waals surface area contributed by atoms with Crippen molar-refractivity contribution < 1.29 is 9.59 Å². The molecule has 18 heavy (non-hydrogen) atoms. The van der Waals surface area contributed by atoms with Crippen LogP contribution in [-0.4, -0.2) is 43.2 Å². The van der Waals surface area contributed by atoms with Gasteiger partial charge in [0, 0.05) is 19.8 Å². The number of nitrogens with zero attached hydrogens (tertiary/aromatic N) is 2. The molecule has 4 nitrogen and oxygen atoms in total. The quantitative estimate of drug-likeness (QED) is 0.779. The van der Waals surface area contributed by atoms with E-state index in [1.165, 1.54) is 9.80 Å². The number of halogens is 1. The number of hydrogen-bond donors (Lipinski definition) is 0. The summed E-state index contributed by atoms with van der Waals surface area (Å²) in [6, 6.07) is 7.63. The number of benzene rings is 1. The highest BCUT2D eigenvalue weighted by atomic mass is 35.5. The molecule has 1 rings (SSSR count). The van der Waals surface area contributed by atoms with Crippen molar-refractivity contribution >= 4 is 29.1 Å². The second kappa shape index (κ2) is 6.40. The average molecular weight is 269 g/mol. The highest BCUT2D eigenvalue weighted by molar-refractivity contribution is 6.27. The van der Waals surface area contributed by atoms with E-state index in [1.54, 1.807) is 14.1 Å². The SMILES string of the molecule is Cc1cccc(N(C)C(=O)CN(C)C(=O)CCl)c1. The summed E-state index contributed by atoms with van der Waals surface area (Å²) in [6.07, 6.45) is 0. The van der Waals surface area contributed by atoms with Crippen molar-refractivity contribution in [3.8, 4) is 0 Å². The second-order valence-corrected chi connectivity index (χ2v) is 4.44. The topological polar surface area (TPSA) is 40.6 Å². The van der Waals surface area contributed by atoms with Gasteiger partial charge in [0.2, 0.25) is 11.8 Å². The van der Waals surface area contributed by atoms with E-state index in [0.717, 1.165) is 11.3 Å². The maximum Gasteiger partial charge on any atom is 0.246 e. The zero-order valence-corrected chi connectivity index (χ0v) is 11.6. The molecule has 1 aromatic rings. The van der Waals surface area contributed by atoms with Gasteiger partial charge in [0.05, 0.1) is 6.54 Å². The third-order valence-electron chi connectivity index (χ3n) is 2.68. The second-order valence-electron chi connectivity index (χ2n) is 4.18. The maximum atomic E-state index is 12.0. The zero-order valence-electron chi connectivity index (χ0n) is 10.8. The number of carbonyl (C=O) groups is 2. The number of likely N-dealkylation sites (N-methyl/N-ethyl adjacent to an activating group) is 2. The predicted octanol–water partition coefficient (Wildman–Crippen LogP) is 1.66. The van der Waals surface area contributed by atoms with Crippen molar-refractivity contribution in [3.63, 3.8) is 0 Å². The van der Waals surface area contributed by atoms with Gasteiger partial charge in [-0.2, -0.15) is 0 Å². The number of aryl methyl sites for hydroxylation is 1. The molecular weight excluding hydrogens is 252 g/mol. The molecule has 0 unspecified atom stereocenters. The minimum atomic E-state index is -0.261. The molecule has 0 bridgehead atoms. The van der Waals surface area contributed by atoms with Crippen LogP contribution in [0.3, 0.4) is 0 Å². The van der Waals surface area contributed by atoms with Crippen molar-refractivity contribution in [3.05, 3.63) is 29.8 Å². The summed E-state index contributed by atoms with van der Waals surface area (Å²) in [6.45, 7) is 1.99. The molecule has 0 heterocycles. The van der Waals surface area contributed by atoms with Gasteiger partial charge in [0.25, 0.3) is 0 Å². The smallest absolute Gasteiger partial charge is 0.246 e. The Kier molecular flexibility index (Phi) is 5.16. The molecule has 0 fully saturated rings. The Morgan fingerprint density at radius 1 is 1.22 bits per heavy atom. The first kappa shape index (κ1) is 14.5. The van der Waals surface area contributed by atoms with Crippen LogP contribution in [0.25, 0.3) is 0 Å². The third-order valence-corrected chi connectivity index (χ3v) is 2.90. The lowest BCUT2D eigenvalue weighted by Gasteiger charge is -2.22. The Labute approximate surface area is 112 Å². The third kappa shape index (κ3) is 3.74. The zero-order chi connectivity index (χ0) is 13.7. The van der Waals surface area contributed by atoms with Crippen LogP contribution in [0.1, 0.15) is 5.56 Å². The normalized spacial score (nSPS) is 10.0. The highest BCUT2D eigenvalue weighted by Crippen LogP contribution is 2.14. The van der Waals surface area contributed by atoms with Crippen LogP contribution in [0.5, 0.6) is 0 Å². The molecule has 0 aliphatic rings. The first-order valence-electron chi connectivity index (χ1n) is 5.59. The molecule has 0 saturated carbocycles. The van der Waals surface area contributed by atoms with E-state index in [-0.39, 0.29) is 24.2 Å². The number of rotatable bonds is 4. The monoisotopic (exact) mass is 268 g/mol. The van der Waals surface area contributed by atoms with Crippen molar-refractivity contribution in [2.75, 3.05) is 31.4 Å². The van der Waals surface area contributed by atoms with E-state index in [0.29, 0.717) is 0 Å². The van der Waals surface area contributed by atoms with Crippen molar-refractivity contribution in [1.29, 1.82) is 0 Å². The Bertz CT molecular complexity index is 448. The summed E-state index contributed by atoms with van der Waals surface area (Å²) in [7, 11) is 3.25. The van der Waals surface area contributed by atoms with Crippen LogP contribution < -0.4 is 4.90 Å². The molecule has 0 N–H and O–H groups in total. The van der Waals surface area contributed by atoms with Crippen LogP contribution >= 0.6 is 11.6 Å². The van der Waals surface area contributed by atoms with Gasteiger partial charge in [-0.1, -0.05) is 12.1 Å². The first-order valence-corrected chi connectivity index (χ1v) is 6.12. The maximum absolute atomic E-state index is 12.0. The van der Waals surface area contributed by atoms with Gasteiger partial charge >= 0.3 is 0 Å². The Hall–Kier alpha value is -1.55. The number of alkyl halides is 1. The average Bonchev–Trinajstić information content (AvgIpc) is 2.36. The Morgan fingerprint density at radius 2 is 1.89 bits per heavy atom. The fourth-order valence-electron chi connectivity index (χ4n) is 1.48. The van der Waals surface area contributed by atoms with Gasteiger partial charge in [-0.15, -0.1) is 11.6 Å². The van der Waals surface area contributed by atoms with Gasteiger partial charge in [-0.3, -0.25) is 9.59 Å². The first-order chi connectivity index (χ1) is 8.45. The lowest BCUT2D eigenvalue weighted by atomic mass is 10.2. The standard InChI is InChI=1S/C13H17ClN2O2/c1-10-5-4-6-11(7-10)16(3)13(18)9-15(2)12(17)8-14/h4-7H,8-9H2,1-3H3. The Morgan fingerprint density at radius 3 is 2.44 bits per heavy atom. The minimum Gasteiger partial charge on any atom is -0.335 e. The molecule has 0 atom stereocenters. The molecule has 5 heteroatoms. The van der Waals surface area contributed by atoms with Crippen LogP contribution in [0, 0.1) is 6.92 Å². The van der Waals surface area contributed by atoms with E-state index in [1.807, 2.05) is 31.2 Å². The van der Waals surface area contributed by atoms with E-state index in [9.17, 15) is 9.59 Å². The van der Waals surface area contributed by atoms with Gasteiger partial charge in [-0.25, -0.2) is 0 Å². The summed E-state index contributed by atoms with van der Waals surface area (Å²) in [5, 5.41) is 0. The van der Waals surface area contributed by atoms with E-state index < -0.39 is 0 Å². The van der Waals surface area contributed by atoms with Crippen LogP contribution in [0.2, 0.25) is 0 Å². The van der Waals surface area contributed by atoms with Crippen LogP contribution in [0.15, 0.2) is 24.3 Å². The molecule has 0 aliphatic heterocycles. The van der Waals surface area contributed by atoms with Crippen molar-refractivity contribution in [2.45, 2.75) is 6.92 Å². The lowest BCUT2D eigenvalue weighted by Crippen LogP contribution is -2.39. The number of anilines is 1. The fourth-order valence-corrected chi connectivity index (χ4v) is 1.68. The van der Waals surface area contributed by atoms with Crippen LogP contribution in [-0.2, 0) is 9.59 Å². The largest absolute Gasteiger partial charge is 0.335 e. The fraction of sp³-hybridized carbons (Fsp3) is 0.385. The summed E-state index contributed by atoms with van der Waals surface area (Å²) in [4.78, 5) is 26.1. The van der Waals surface area contributed by atoms with Gasteiger partial charge in [0.1, 0.15) is 5.88 Å². The lowest BCUT2D eigenvalue weighted by molar-refractivity contribution is -0.131. The molecular formula is C13H17ClN2O2. The molecule has 0 radical (unpaired) electrons. The van der Waals surface area contributed by atoms with Gasteiger partial charge in [-0.05, 0) is 24.6 Å². The molecule has 0 aliphatic carbocycles. The number of carbonyl (C=O) groups excluding carboxylic acids is 2. The summed E-state index contributed by atoms with van der Waals surface area (Å²) < 4.78 is 0. The van der Waals surface area contributed by atoms with Crippen molar-refractivity contribution in [1.82, 2.24) is 4.90 Å². The highest BCUT2D eigenvalue weighted by Gasteiger charge is 2.16. The summed E-state index contributed by atoms with van der Waals surface area (Å²) >= 11 is 5.43. The predicted molar refractivity (Wildman–Crippen MR) is 72.9 cm³/mol. The van der Waals surface area contributed by atoms with Crippen LogP contribution in [0.4, 0.5) is 5.69 Å². The molecule has 0 aromatic heterocycles. The molecule has 0 spiro atoms. The molecule has 98 valence electrons. The molecule has 2 amide bonds. The minimum absolute atomic E-state index is 0.0238. The molecule has 0 saturated heterocycles. The number of hydrogen-bond acceptors (Lipinski definition) is 2. The van der Waals surface area contributed by atoms with Gasteiger partial charge < -0.3 is 9.80 Å². The van der Waals surface area contributed by atoms with E-state index in [2.05, 4.69) is 0 Å². The summed E-state index contributed by atoms with van der Waals surface area (Å²) in [5.74, 6) is -0.526. The molecule has 1 aromatic carbocycles. The van der Waals surface area contributed by atoms with Crippen molar-refractivity contribution in [2.24, 2.45) is 0 Å². The van der Waals surface area contributed by atoms with Gasteiger partial charge in [0.15, 0.2) is 0 Å².